The van der Waals surface area contributed by atoms with Crippen molar-refractivity contribution in [2.75, 3.05) is 7.11 Å². The molecule has 1 aliphatic heterocycles. The highest BCUT2D eigenvalue weighted by Crippen LogP contribution is 2.27. The van der Waals surface area contributed by atoms with Crippen molar-refractivity contribution in [3.63, 3.8) is 0 Å². The Labute approximate surface area is 206 Å². The normalized spacial score (nSPS) is 15.7. The molecule has 3 rings (SSSR count). The Kier molecular flexibility index (Phi) is 9.67. The first kappa shape index (κ1) is 26.9. The quantitative estimate of drug-likeness (QED) is 0.368. The average molecular weight is 506 g/mol. The zero-order valence-corrected chi connectivity index (χ0v) is 20.0. The summed E-state index contributed by atoms with van der Waals surface area (Å²) in [6.07, 6.45) is 1.87. The number of nitrogens with two attached hydrogens (primary N) is 1. The van der Waals surface area contributed by atoms with Gasteiger partial charge in [0.25, 0.3) is 11.1 Å². The van der Waals surface area contributed by atoms with E-state index >= 15 is 0 Å². The molecule has 0 saturated carbocycles. The van der Waals surface area contributed by atoms with Crippen molar-refractivity contribution >= 4 is 53.3 Å². The third-order valence-corrected chi connectivity index (χ3v) is 5.45. The molecule has 9 nitrogen and oxygen atoms in total. The second-order valence-electron chi connectivity index (χ2n) is 7.24. The molecule has 180 valence electrons. The summed E-state index contributed by atoms with van der Waals surface area (Å²) >= 11 is 0.860. The Hall–Kier alpha value is -3.34. The van der Waals surface area contributed by atoms with Crippen LogP contribution >= 0.6 is 24.2 Å². The Morgan fingerprint density at radius 2 is 1.68 bits per heavy atom. The number of methoxy groups -OCH3 is 1. The van der Waals surface area contributed by atoms with E-state index in [9.17, 15) is 19.2 Å². The number of imide groups is 1. The third-order valence-electron chi connectivity index (χ3n) is 4.63. The predicted octanol–water partition coefficient (Wildman–Crippen LogP) is 2.77. The summed E-state index contributed by atoms with van der Waals surface area (Å²) < 4.78 is 10.6. The molecule has 1 aliphatic rings. The van der Waals surface area contributed by atoms with Crippen LogP contribution in [0.1, 0.15) is 18.1 Å². The molecule has 4 N–H and O–H groups in total. The fourth-order valence-corrected chi connectivity index (χ4v) is 3.59. The largest absolute Gasteiger partial charge is 0.467 e. The van der Waals surface area contributed by atoms with E-state index < -0.39 is 29.9 Å². The molecule has 1 fully saturated rings. The first-order chi connectivity index (χ1) is 15.7. The lowest BCUT2D eigenvalue weighted by Gasteiger charge is -2.18. The zero-order chi connectivity index (χ0) is 24.0. The van der Waals surface area contributed by atoms with Crippen molar-refractivity contribution in [1.29, 1.82) is 0 Å². The van der Waals surface area contributed by atoms with Gasteiger partial charge in [-0.1, -0.05) is 24.3 Å². The van der Waals surface area contributed by atoms with Gasteiger partial charge in [-0.25, -0.2) is 4.79 Å². The van der Waals surface area contributed by atoms with Crippen molar-refractivity contribution in [2.24, 2.45) is 5.73 Å². The molecular formula is C23H24ClN3O6S. The van der Waals surface area contributed by atoms with Crippen LogP contribution in [0.3, 0.4) is 0 Å². The molecule has 34 heavy (non-hydrogen) atoms. The van der Waals surface area contributed by atoms with Crippen molar-refractivity contribution in [1.82, 2.24) is 10.6 Å². The topological polar surface area (TPSA) is 137 Å². The maximum absolute atomic E-state index is 12.0. The summed E-state index contributed by atoms with van der Waals surface area (Å²) in [5.41, 5.74) is 7.11. The van der Waals surface area contributed by atoms with Crippen molar-refractivity contribution in [2.45, 2.75) is 25.4 Å². The second kappa shape index (κ2) is 12.2. The Bertz CT molecular complexity index is 1090. The number of esters is 1. The molecule has 11 heteroatoms. The number of rotatable bonds is 8. The number of carbonyl (C=O) groups excluding carboxylic acids is 4. The van der Waals surface area contributed by atoms with Gasteiger partial charge in [-0.3, -0.25) is 19.7 Å². The Morgan fingerprint density at radius 3 is 2.18 bits per heavy atom. The first-order valence-electron chi connectivity index (χ1n) is 10.0. The van der Waals surface area contributed by atoms with Gasteiger partial charge in [0.15, 0.2) is 0 Å². The number of hydrogen-bond acceptors (Lipinski definition) is 8. The molecule has 2 aromatic rings. The van der Waals surface area contributed by atoms with Gasteiger partial charge in [-0.15, -0.1) is 12.4 Å². The molecule has 0 spiro atoms. The highest BCUT2D eigenvalue weighted by molar-refractivity contribution is 8.18. The van der Waals surface area contributed by atoms with Gasteiger partial charge in [-0.2, -0.15) is 0 Å². The Balaban J connectivity index is 0.00000408. The second-order valence-corrected chi connectivity index (χ2v) is 8.26. The number of halogens is 1. The fourth-order valence-electron chi connectivity index (χ4n) is 2.91. The number of thioether (sulfide) groups is 1. The average Bonchev–Trinajstić information content (AvgIpc) is 3.11. The van der Waals surface area contributed by atoms with Crippen molar-refractivity contribution < 1.29 is 28.7 Å². The third kappa shape index (κ3) is 7.34. The molecule has 0 bridgehead atoms. The fraction of sp³-hybridized carbons (Fsp3) is 0.217. The molecule has 1 heterocycles. The number of benzene rings is 2. The number of amides is 3. The zero-order valence-electron chi connectivity index (χ0n) is 18.4. The molecule has 0 radical (unpaired) electrons. The van der Waals surface area contributed by atoms with Crippen LogP contribution in [0.2, 0.25) is 0 Å². The van der Waals surface area contributed by atoms with Gasteiger partial charge < -0.3 is 20.5 Å². The van der Waals surface area contributed by atoms with E-state index in [4.69, 9.17) is 15.2 Å². The molecule has 0 aliphatic carbocycles. The van der Waals surface area contributed by atoms with Crippen LogP contribution < -0.4 is 21.1 Å². The monoisotopic (exact) mass is 505 g/mol. The van der Waals surface area contributed by atoms with Crippen LogP contribution in [0.4, 0.5) is 4.79 Å². The van der Waals surface area contributed by atoms with E-state index in [0.29, 0.717) is 16.4 Å². The van der Waals surface area contributed by atoms with E-state index in [1.807, 2.05) is 0 Å². The van der Waals surface area contributed by atoms with Gasteiger partial charge in [0, 0.05) is 6.42 Å². The lowest BCUT2D eigenvalue weighted by molar-refractivity contribution is -0.145. The standard InChI is InChI=1S/C23H23N3O6S.ClH/c1-13(24)20(27)25-18(22(29)31-2)11-14-3-7-16(8-4-14)32-17-9-5-15(6-10-17)12-19-21(28)26-23(30)33-19;/h3-10,12-13,18H,11,24H2,1-2H3,(H,25,27)(H,26,28,30);1H. The summed E-state index contributed by atoms with van der Waals surface area (Å²) in [4.78, 5) is 47.1. The summed E-state index contributed by atoms with van der Waals surface area (Å²) in [5, 5.41) is 4.41. The van der Waals surface area contributed by atoms with Gasteiger partial charge in [0.05, 0.1) is 18.1 Å². The van der Waals surface area contributed by atoms with Gasteiger partial charge >= 0.3 is 5.97 Å². The van der Waals surface area contributed by atoms with Gasteiger partial charge in [0.1, 0.15) is 17.5 Å². The van der Waals surface area contributed by atoms with Crippen LogP contribution in [0.25, 0.3) is 6.08 Å². The summed E-state index contributed by atoms with van der Waals surface area (Å²) in [5.74, 6) is -0.242. The minimum Gasteiger partial charge on any atom is -0.467 e. The summed E-state index contributed by atoms with van der Waals surface area (Å²) in [6, 6.07) is 12.5. The number of carbonyl (C=O) groups is 4. The highest BCUT2D eigenvalue weighted by atomic mass is 35.5. The number of ether oxygens (including phenoxy) is 2. The molecular weight excluding hydrogens is 482 g/mol. The molecule has 2 atom stereocenters. The molecule has 3 amide bonds. The van der Waals surface area contributed by atoms with E-state index in [1.165, 1.54) is 14.0 Å². The minimum atomic E-state index is -0.850. The van der Waals surface area contributed by atoms with Crippen LogP contribution in [0.5, 0.6) is 11.5 Å². The van der Waals surface area contributed by atoms with Crippen molar-refractivity contribution in [3.05, 3.63) is 64.6 Å². The number of hydrogen-bond donors (Lipinski definition) is 3. The molecule has 0 aromatic heterocycles. The van der Waals surface area contributed by atoms with E-state index in [0.717, 1.165) is 22.9 Å². The van der Waals surface area contributed by atoms with E-state index in [-0.39, 0.29) is 24.1 Å². The number of nitrogens with one attached hydrogen (secondary N) is 2. The van der Waals surface area contributed by atoms with E-state index in [1.54, 1.807) is 54.6 Å². The van der Waals surface area contributed by atoms with Crippen LogP contribution in [-0.4, -0.2) is 42.2 Å². The maximum atomic E-state index is 12.0. The minimum absolute atomic E-state index is 0. The summed E-state index contributed by atoms with van der Waals surface area (Å²) in [7, 11) is 1.26. The van der Waals surface area contributed by atoms with Gasteiger partial charge in [-0.05, 0) is 60.2 Å². The molecule has 2 aromatic carbocycles. The maximum Gasteiger partial charge on any atom is 0.328 e. The van der Waals surface area contributed by atoms with Crippen LogP contribution in [0, 0.1) is 0 Å². The van der Waals surface area contributed by atoms with Gasteiger partial charge in [0.2, 0.25) is 5.91 Å². The Morgan fingerprint density at radius 1 is 1.09 bits per heavy atom. The predicted molar refractivity (Wildman–Crippen MR) is 131 cm³/mol. The smallest absolute Gasteiger partial charge is 0.328 e. The lowest BCUT2D eigenvalue weighted by Crippen LogP contribution is -2.48. The lowest BCUT2D eigenvalue weighted by atomic mass is 10.1. The highest BCUT2D eigenvalue weighted by Gasteiger charge is 2.25. The van der Waals surface area contributed by atoms with Crippen LogP contribution in [0.15, 0.2) is 53.4 Å². The van der Waals surface area contributed by atoms with E-state index in [2.05, 4.69) is 10.6 Å². The van der Waals surface area contributed by atoms with Crippen LogP contribution in [-0.2, 0) is 25.5 Å². The molecule has 2 unspecified atom stereocenters. The first-order valence-corrected chi connectivity index (χ1v) is 10.8. The molecule has 1 saturated heterocycles. The summed E-state index contributed by atoms with van der Waals surface area (Å²) in [6.45, 7) is 1.53. The van der Waals surface area contributed by atoms with Crippen molar-refractivity contribution in [3.8, 4) is 11.5 Å². The SMILES string of the molecule is COC(=O)C(Cc1ccc(Oc2ccc(C=C3SC(=O)NC3=O)cc2)cc1)NC(=O)C(C)N.Cl.